The number of aryl methyl sites for hydroxylation is 2. The number of ether oxygens (including phenoxy) is 11. The third kappa shape index (κ3) is 35.8. The minimum Gasteiger partial charge on any atom is -0.460 e. The lowest BCUT2D eigenvalue weighted by molar-refractivity contribution is -0.393. The van der Waals surface area contributed by atoms with Gasteiger partial charge < -0.3 is 78.7 Å². The fourth-order valence-corrected chi connectivity index (χ4v) is 7.39. The number of nitro benzene ring substituents is 2. The Hall–Kier alpha value is -7.69. The first kappa shape index (κ1) is 75.6. The second-order valence-electron chi connectivity index (χ2n) is 22.6. The highest BCUT2D eigenvalue weighted by molar-refractivity contribution is 5.87. The van der Waals surface area contributed by atoms with Crippen LogP contribution in [0.3, 0.4) is 0 Å². The summed E-state index contributed by atoms with van der Waals surface area (Å²) in [6.07, 6.45) is 5.09. The van der Waals surface area contributed by atoms with E-state index in [4.69, 9.17) is 52.1 Å². The molecule has 3 aromatic rings. The molecule has 89 heavy (non-hydrogen) atoms. The number of hydrogen-bond acceptors (Lipinski definition) is 25. The van der Waals surface area contributed by atoms with Gasteiger partial charge in [0.15, 0.2) is 0 Å². The van der Waals surface area contributed by atoms with Crippen LogP contribution >= 0.6 is 0 Å². The predicted molar refractivity (Wildman–Crippen MR) is 317 cm³/mol. The van der Waals surface area contributed by atoms with Gasteiger partial charge in [-0.1, -0.05) is 5.21 Å². The number of rotatable bonds is 44. The average Bonchev–Trinajstić information content (AvgIpc) is 4.29. The molecule has 5 N–H and O–H groups in total. The zero-order chi connectivity index (χ0) is 65.7. The number of carbonyl (C=O) groups excluding carboxylic acids is 6. The molecule has 33 heteroatoms. The number of amides is 4. The van der Waals surface area contributed by atoms with E-state index in [1.165, 1.54) is 29.2 Å². The molecule has 3 rings (SSSR count). The third-order valence-corrected chi connectivity index (χ3v) is 11.4. The number of aromatic nitrogens is 5. The van der Waals surface area contributed by atoms with Crippen molar-refractivity contribution in [2.75, 3.05) is 118 Å². The number of esters is 3. The zero-order valence-corrected chi connectivity index (χ0v) is 52.5. The smallest absolute Gasteiger partial charge is 0.419 e. The van der Waals surface area contributed by atoms with Crippen LogP contribution in [-0.4, -0.2) is 212 Å². The van der Waals surface area contributed by atoms with E-state index in [0.717, 1.165) is 6.07 Å². The van der Waals surface area contributed by atoms with Crippen molar-refractivity contribution in [3.8, 4) is 0 Å². The number of benzene rings is 1. The van der Waals surface area contributed by atoms with Crippen LogP contribution in [-0.2, 0) is 86.0 Å². The molecule has 0 aliphatic heterocycles. The molecule has 0 fully saturated rings. The Bertz CT molecular complexity index is 2640. The summed E-state index contributed by atoms with van der Waals surface area (Å²) in [5, 5.41) is 43.9. The molecule has 500 valence electrons. The Morgan fingerprint density at radius 1 is 0.584 bits per heavy atom. The van der Waals surface area contributed by atoms with Crippen molar-refractivity contribution in [2.45, 2.75) is 143 Å². The topological polar surface area (TPSA) is 399 Å². The second kappa shape index (κ2) is 40.8. The first-order valence-corrected chi connectivity index (χ1v) is 29.2. The van der Waals surface area contributed by atoms with Gasteiger partial charge in [-0.25, -0.2) is 33.5 Å². The number of unbranched alkanes of at least 4 members (excludes halogenated alkanes) is 1. The number of nitro groups is 2. The van der Waals surface area contributed by atoms with Crippen LogP contribution in [0.1, 0.15) is 106 Å². The molecule has 0 aliphatic carbocycles. The van der Waals surface area contributed by atoms with Gasteiger partial charge in [-0.3, -0.25) is 29.7 Å². The summed E-state index contributed by atoms with van der Waals surface area (Å²) in [4.78, 5) is 102. The van der Waals surface area contributed by atoms with E-state index in [9.17, 15) is 49.0 Å². The molecule has 0 unspecified atom stereocenters. The lowest BCUT2D eigenvalue weighted by Crippen LogP contribution is -2.53. The molecule has 0 aliphatic rings. The summed E-state index contributed by atoms with van der Waals surface area (Å²) in [6, 6.07) is -0.210. The summed E-state index contributed by atoms with van der Waals surface area (Å²) < 4.78 is 62.9. The van der Waals surface area contributed by atoms with Gasteiger partial charge in [-0.05, 0) is 94.1 Å². The van der Waals surface area contributed by atoms with Gasteiger partial charge in [0.1, 0.15) is 53.2 Å². The molecule has 0 saturated heterocycles. The Morgan fingerprint density at radius 3 is 1.61 bits per heavy atom. The predicted octanol–water partition coefficient (Wildman–Crippen LogP) is 4.56. The first-order valence-electron chi connectivity index (χ1n) is 29.2. The maximum Gasteiger partial charge on any atom is 0.419 e. The van der Waals surface area contributed by atoms with E-state index < -0.39 is 86.2 Å². The summed E-state index contributed by atoms with van der Waals surface area (Å²) >= 11 is 0. The Labute approximate surface area is 517 Å². The Balaban J connectivity index is 1.10. The lowest BCUT2D eigenvalue weighted by atomic mass is 10.1. The molecular formula is C56H90N12O21. The fourth-order valence-electron chi connectivity index (χ4n) is 7.39. The van der Waals surface area contributed by atoms with Crippen molar-refractivity contribution >= 4 is 53.1 Å². The SMILES string of the molecule is CC(C)(C)OC(=O)CC[C@H](NC(=O)N[C@@H](CCCCNC(=O)NCCOCCOCCOCCOCCOCCOCCOCCOC(=O)n1cnc(CCn2cc(CNc3ccc([N+](=O)[O-])cc3[N+](=O)[O-])nn2)c1)C(=O)OC(C)(C)C)C(=O)OC(C)(C)C. The van der Waals surface area contributed by atoms with Crippen molar-refractivity contribution in [3.63, 3.8) is 0 Å². The highest BCUT2D eigenvalue weighted by atomic mass is 16.6. The highest BCUT2D eigenvalue weighted by Crippen LogP contribution is 2.29. The molecule has 4 amide bonds. The van der Waals surface area contributed by atoms with E-state index in [-0.39, 0.29) is 64.4 Å². The molecule has 33 nitrogen and oxygen atoms in total. The van der Waals surface area contributed by atoms with Crippen molar-refractivity contribution in [1.29, 1.82) is 0 Å². The summed E-state index contributed by atoms with van der Waals surface area (Å²) in [7, 11) is 0. The molecule has 0 spiro atoms. The normalized spacial score (nSPS) is 12.3. The number of hydrogen-bond donors (Lipinski definition) is 5. The first-order chi connectivity index (χ1) is 42.2. The monoisotopic (exact) mass is 1270 g/mol. The zero-order valence-electron chi connectivity index (χ0n) is 52.5. The molecule has 1 aromatic carbocycles. The molecule has 0 saturated carbocycles. The summed E-state index contributed by atoms with van der Waals surface area (Å²) in [5.74, 6) is -1.98. The average molecular weight is 1270 g/mol. The van der Waals surface area contributed by atoms with E-state index in [1.54, 1.807) is 73.2 Å². The fraction of sp³-hybridized carbons (Fsp3) is 0.696. The van der Waals surface area contributed by atoms with Gasteiger partial charge in [0, 0.05) is 44.7 Å². The maximum atomic E-state index is 13.2. The number of urea groups is 2. The maximum absolute atomic E-state index is 13.2. The number of anilines is 1. The van der Waals surface area contributed by atoms with Gasteiger partial charge in [-0.15, -0.1) is 5.10 Å². The van der Waals surface area contributed by atoms with E-state index in [1.807, 2.05) is 0 Å². The second-order valence-corrected chi connectivity index (χ2v) is 22.6. The largest absolute Gasteiger partial charge is 0.460 e. The van der Waals surface area contributed by atoms with Crippen LogP contribution in [0.15, 0.2) is 36.9 Å². The van der Waals surface area contributed by atoms with Gasteiger partial charge in [0.25, 0.3) is 11.4 Å². The minimum atomic E-state index is -1.21. The number of nitrogens with one attached hydrogen (secondary N) is 5. The van der Waals surface area contributed by atoms with Crippen molar-refractivity contribution in [3.05, 3.63) is 68.5 Å². The Morgan fingerprint density at radius 2 is 1.09 bits per heavy atom. The summed E-state index contributed by atoms with van der Waals surface area (Å²) in [5.41, 5.74) is -2.11. The lowest BCUT2D eigenvalue weighted by Gasteiger charge is -2.27. The van der Waals surface area contributed by atoms with E-state index >= 15 is 0 Å². The molecule has 2 aromatic heterocycles. The third-order valence-electron chi connectivity index (χ3n) is 11.4. The van der Waals surface area contributed by atoms with Crippen LogP contribution in [0, 0.1) is 20.2 Å². The highest BCUT2D eigenvalue weighted by Gasteiger charge is 2.32. The molecule has 2 heterocycles. The van der Waals surface area contributed by atoms with Crippen LogP contribution in [0.4, 0.5) is 31.4 Å². The van der Waals surface area contributed by atoms with Crippen molar-refractivity contribution in [1.82, 2.24) is 45.8 Å². The number of non-ortho nitro benzene ring substituents is 1. The van der Waals surface area contributed by atoms with Gasteiger partial charge in [0.2, 0.25) is 0 Å². The minimum absolute atomic E-state index is 0.0197. The van der Waals surface area contributed by atoms with E-state index in [0.29, 0.717) is 116 Å². The number of imidazole rings is 1. The van der Waals surface area contributed by atoms with Crippen molar-refractivity contribution in [2.24, 2.45) is 0 Å². The van der Waals surface area contributed by atoms with Gasteiger partial charge >= 0.3 is 36.1 Å². The van der Waals surface area contributed by atoms with Gasteiger partial charge in [0.05, 0.1) is 127 Å². The number of carbonyl (C=O) groups is 6. The van der Waals surface area contributed by atoms with Crippen LogP contribution in [0.25, 0.3) is 0 Å². The molecule has 0 bridgehead atoms. The van der Waals surface area contributed by atoms with E-state index in [2.05, 4.69) is 41.9 Å². The Kier molecular flexibility index (Phi) is 34.6. The quantitative estimate of drug-likeness (QED) is 0.0170. The summed E-state index contributed by atoms with van der Waals surface area (Å²) in [6.45, 7) is 21.0. The molecule has 2 atom stereocenters. The van der Waals surface area contributed by atoms with Gasteiger partial charge in [-0.2, -0.15) is 0 Å². The van der Waals surface area contributed by atoms with Crippen molar-refractivity contribution < 1.29 is 90.7 Å². The van der Waals surface area contributed by atoms with Crippen LogP contribution < -0.4 is 26.6 Å². The van der Waals surface area contributed by atoms with Crippen LogP contribution in [0.5, 0.6) is 0 Å². The standard InChI is InChI=1S/C56H90N12O21/c1-54(2,3)87-48(69)16-15-46(50(71)89-56(7,8)9)62-52(73)61-45(49(70)88-55(4,5)6)12-10-11-18-57-51(72)58-19-21-79-22-23-80-24-25-81-26-27-82-28-29-83-30-31-84-32-33-85-34-35-86-53(74)65-38-41(60-40-65)17-20-66-39-42(63-64-66)37-59-44-14-13-43(67(75)76)36-47(44)68(77)78/h13-14,36,38-40,45-46,59H,10-12,15-35,37H2,1-9H3,(H2,57,58,72)(H2,61,62,73)/t45-,46-/m0/s1. The molecular weight excluding hydrogens is 1180 g/mol. The number of nitrogens with zero attached hydrogens (tertiary/aromatic N) is 7. The van der Waals surface area contributed by atoms with Crippen LogP contribution in [0.2, 0.25) is 0 Å². The molecule has 0 radical (unpaired) electrons.